The fraction of sp³-hybridized carbons (Fsp3) is 0.364. The van der Waals surface area contributed by atoms with E-state index in [9.17, 15) is 18.0 Å². The molecule has 3 rings (SSSR count). The van der Waals surface area contributed by atoms with Gasteiger partial charge in [0.15, 0.2) is 5.78 Å². The minimum Gasteiger partial charge on any atom is -0.372 e. The number of nitrogens with one attached hydrogen (secondary N) is 2. The number of nitrogens with zero attached hydrogens (tertiary/aromatic N) is 1. The molecule has 1 aliphatic heterocycles. The molecule has 7 nitrogen and oxygen atoms in total. The lowest BCUT2D eigenvalue weighted by Crippen LogP contribution is -2.28. The van der Waals surface area contributed by atoms with Crippen LogP contribution in [-0.4, -0.2) is 39.7 Å². The number of carbonyl (C=O) groups excluding carboxylic acids is 2. The van der Waals surface area contributed by atoms with Crippen molar-refractivity contribution in [2.45, 2.75) is 38.0 Å². The van der Waals surface area contributed by atoms with Gasteiger partial charge in [0.2, 0.25) is 15.9 Å². The normalized spacial score (nSPS) is 14.0. The lowest BCUT2D eigenvalue weighted by Gasteiger charge is -2.19. The van der Waals surface area contributed by atoms with E-state index in [0.29, 0.717) is 5.56 Å². The molecule has 0 radical (unpaired) electrons. The smallest absolute Gasteiger partial charge is 0.240 e. The van der Waals surface area contributed by atoms with Crippen LogP contribution >= 0.6 is 0 Å². The highest BCUT2D eigenvalue weighted by Gasteiger charge is 2.16. The summed E-state index contributed by atoms with van der Waals surface area (Å²) in [5.41, 5.74) is 3.17. The van der Waals surface area contributed by atoms with Crippen LogP contribution in [0.5, 0.6) is 0 Å². The Labute approximate surface area is 177 Å². The van der Waals surface area contributed by atoms with Crippen molar-refractivity contribution in [2.24, 2.45) is 0 Å². The highest BCUT2D eigenvalue weighted by Crippen LogP contribution is 2.25. The molecule has 2 aromatic carbocycles. The zero-order chi connectivity index (χ0) is 21.7. The summed E-state index contributed by atoms with van der Waals surface area (Å²) in [7, 11) is -3.80. The predicted octanol–water partition coefficient (Wildman–Crippen LogP) is 3.10. The fourth-order valence-corrected chi connectivity index (χ4v) is 4.51. The van der Waals surface area contributed by atoms with Crippen LogP contribution in [0.1, 0.15) is 42.1 Å². The second-order valence-corrected chi connectivity index (χ2v) is 9.24. The van der Waals surface area contributed by atoms with Gasteiger partial charge in [0, 0.05) is 43.0 Å². The van der Waals surface area contributed by atoms with E-state index in [1.54, 1.807) is 6.07 Å². The molecule has 160 valence electrons. The first-order valence-corrected chi connectivity index (χ1v) is 11.5. The lowest BCUT2D eigenvalue weighted by molar-refractivity contribution is -0.116. The van der Waals surface area contributed by atoms with Crippen molar-refractivity contribution in [3.05, 3.63) is 53.6 Å². The zero-order valence-electron chi connectivity index (χ0n) is 17.3. The second kappa shape index (κ2) is 9.40. The molecule has 1 heterocycles. The van der Waals surface area contributed by atoms with Crippen molar-refractivity contribution in [1.82, 2.24) is 4.72 Å². The van der Waals surface area contributed by atoms with E-state index in [4.69, 9.17) is 0 Å². The van der Waals surface area contributed by atoms with Gasteiger partial charge in [-0.05, 0) is 62.6 Å². The standard InChI is InChI=1S/C22H27N3O4S/c1-16-14-19(25-12-3-4-13-25)8-9-21(16)24-22(27)10-11-23-30(28,29)20-7-5-6-18(15-20)17(2)26/h5-9,14-15,23H,3-4,10-13H2,1-2H3,(H,24,27). The molecule has 0 atom stereocenters. The van der Waals surface area contributed by atoms with Gasteiger partial charge in [0.25, 0.3) is 0 Å². The van der Waals surface area contributed by atoms with Crippen molar-refractivity contribution in [3.8, 4) is 0 Å². The Balaban J connectivity index is 1.54. The fourth-order valence-electron chi connectivity index (χ4n) is 3.44. The highest BCUT2D eigenvalue weighted by atomic mass is 32.2. The van der Waals surface area contributed by atoms with E-state index >= 15 is 0 Å². The summed E-state index contributed by atoms with van der Waals surface area (Å²) in [6, 6.07) is 11.8. The number of ketones is 1. The van der Waals surface area contributed by atoms with Crippen LogP contribution in [0, 0.1) is 6.92 Å². The van der Waals surface area contributed by atoms with Gasteiger partial charge in [-0.25, -0.2) is 13.1 Å². The average molecular weight is 430 g/mol. The van der Waals surface area contributed by atoms with Gasteiger partial charge in [-0.15, -0.1) is 0 Å². The maximum absolute atomic E-state index is 12.4. The van der Waals surface area contributed by atoms with E-state index in [2.05, 4.69) is 21.0 Å². The Morgan fingerprint density at radius 2 is 1.80 bits per heavy atom. The molecule has 2 aromatic rings. The minimum atomic E-state index is -3.80. The Hall–Kier alpha value is -2.71. The Morgan fingerprint density at radius 1 is 1.07 bits per heavy atom. The Morgan fingerprint density at radius 3 is 2.47 bits per heavy atom. The summed E-state index contributed by atoms with van der Waals surface area (Å²) >= 11 is 0. The number of hydrogen-bond acceptors (Lipinski definition) is 5. The van der Waals surface area contributed by atoms with E-state index < -0.39 is 10.0 Å². The van der Waals surface area contributed by atoms with Gasteiger partial charge in [-0.1, -0.05) is 12.1 Å². The molecule has 0 aliphatic carbocycles. The van der Waals surface area contributed by atoms with E-state index in [1.807, 2.05) is 19.1 Å². The van der Waals surface area contributed by atoms with Gasteiger partial charge in [-0.2, -0.15) is 0 Å². The quantitative estimate of drug-likeness (QED) is 0.629. The van der Waals surface area contributed by atoms with Gasteiger partial charge >= 0.3 is 0 Å². The van der Waals surface area contributed by atoms with Crippen LogP contribution < -0.4 is 14.9 Å². The first-order valence-electron chi connectivity index (χ1n) is 10.0. The number of amides is 1. The second-order valence-electron chi connectivity index (χ2n) is 7.47. The van der Waals surface area contributed by atoms with E-state index in [0.717, 1.165) is 30.0 Å². The van der Waals surface area contributed by atoms with Crippen molar-refractivity contribution in [2.75, 3.05) is 29.9 Å². The van der Waals surface area contributed by atoms with Gasteiger partial charge in [-0.3, -0.25) is 9.59 Å². The van der Waals surface area contributed by atoms with Crippen LogP contribution in [-0.2, 0) is 14.8 Å². The maximum atomic E-state index is 12.4. The monoisotopic (exact) mass is 429 g/mol. The third-order valence-corrected chi connectivity index (χ3v) is 6.61. The number of Topliss-reactive ketones (excluding diaryl/α,β-unsaturated/α-hetero) is 1. The van der Waals surface area contributed by atoms with Crippen LogP contribution in [0.2, 0.25) is 0 Å². The van der Waals surface area contributed by atoms with E-state index in [1.165, 1.54) is 38.0 Å². The summed E-state index contributed by atoms with van der Waals surface area (Å²) in [6.07, 6.45) is 2.40. The molecule has 8 heteroatoms. The van der Waals surface area contributed by atoms with Crippen LogP contribution in [0.15, 0.2) is 47.4 Å². The Bertz CT molecular complexity index is 1040. The summed E-state index contributed by atoms with van der Waals surface area (Å²) in [5.74, 6) is -0.482. The van der Waals surface area contributed by atoms with E-state index in [-0.39, 0.29) is 29.6 Å². The first-order chi connectivity index (χ1) is 14.3. The highest BCUT2D eigenvalue weighted by molar-refractivity contribution is 7.89. The molecule has 0 unspecified atom stereocenters. The number of anilines is 2. The number of benzene rings is 2. The topological polar surface area (TPSA) is 95.6 Å². The first kappa shape index (κ1) is 22.0. The maximum Gasteiger partial charge on any atom is 0.240 e. The van der Waals surface area contributed by atoms with Crippen molar-refractivity contribution in [1.29, 1.82) is 0 Å². The number of rotatable bonds is 8. The molecular weight excluding hydrogens is 402 g/mol. The number of hydrogen-bond donors (Lipinski definition) is 2. The van der Waals surface area contributed by atoms with Gasteiger partial charge in [0.1, 0.15) is 0 Å². The van der Waals surface area contributed by atoms with Crippen LogP contribution in [0.3, 0.4) is 0 Å². The number of aryl methyl sites for hydroxylation is 1. The third kappa shape index (κ3) is 5.46. The molecule has 0 aromatic heterocycles. The van der Waals surface area contributed by atoms with Crippen molar-refractivity contribution >= 4 is 33.1 Å². The zero-order valence-corrected chi connectivity index (χ0v) is 18.1. The molecule has 1 amide bonds. The van der Waals surface area contributed by atoms with Crippen molar-refractivity contribution in [3.63, 3.8) is 0 Å². The summed E-state index contributed by atoms with van der Waals surface area (Å²) < 4.78 is 27.2. The molecule has 30 heavy (non-hydrogen) atoms. The van der Waals surface area contributed by atoms with Gasteiger partial charge in [0.05, 0.1) is 4.90 Å². The SMILES string of the molecule is CC(=O)c1cccc(S(=O)(=O)NCCC(=O)Nc2ccc(N3CCCC3)cc2C)c1. The van der Waals surface area contributed by atoms with Crippen molar-refractivity contribution < 1.29 is 18.0 Å². The number of carbonyl (C=O) groups is 2. The average Bonchev–Trinajstić information content (AvgIpc) is 3.24. The molecule has 0 saturated carbocycles. The molecular formula is C22H27N3O4S. The lowest BCUT2D eigenvalue weighted by atomic mass is 10.1. The molecule has 1 aliphatic rings. The predicted molar refractivity (Wildman–Crippen MR) is 118 cm³/mol. The minimum absolute atomic E-state index is 0.00105. The molecule has 1 saturated heterocycles. The summed E-state index contributed by atoms with van der Waals surface area (Å²) in [6.45, 7) is 5.40. The Kier molecular flexibility index (Phi) is 6.89. The molecule has 2 N–H and O–H groups in total. The number of sulfonamides is 1. The molecule has 1 fully saturated rings. The van der Waals surface area contributed by atoms with Crippen LogP contribution in [0.25, 0.3) is 0 Å². The van der Waals surface area contributed by atoms with Gasteiger partial charge < -0.3 is 10.2 Å². The largest absolute Gasteiger partial charge is 0.372 e. The molecule has 0 spiro atoms. The third-order valence-electron chi connectivity index (χ3n) is 5.15. The van der Waals surface area contributed by atoms with Crippen LogP contribution in [0.4, 0.5) is 11.4 Å². The summed E-state index contributed by atoms with van der Waals surface area (Å²) in [5, 5.41) is 2.84. The summed E-state index contributed by atoms with van der Waals surface area (Å²) in [4.78, 5) is 26.1. The molecule has 0 bridgehead atoms.